The molecule has 1 heterocycles. The SMILES string of the molecule is Cc1cc2nc(-c3ccccc3P(C3CCCCC3)C3CCCCC3)n(C)c2cc1C. The van der Waals surface area contributed by atoms with Crippen molar-refractivity contribution in [3.63, 3.8) is 0 Å². The molecule has 0 radical (unpaired) electrons. The van der Waals surface area contributed by atoms with E-state index in [0.29, 0.717) is 0 Å². The first-order valence-corrected chi connectivity index (χ1v) is 13.9. The average Bonchev–Trinajstić information content (AvgIpc) is 3.11. The normalized spacial score (nSPS) is 18.8. The van der Waals surface area contributed by atoms with Gasteiger partial charge in [0.2, 0.25) is 0 Å². The summed E-state index contributed by atoms with van der Waals surface area (Å²) in [4.78, 5) is 5.19. The summed E-state index contributed by atoms with van der Waals surface area (Å²) in [7, 11) is 2.06. The number of rotatable bonds is 4. The van der Waals surface area contributed by atoms with Crippen LogP contribution in [0.4, 0.5) is 0 Å². The summed E-state index contributed by atoms with van der Waals surface area (Å²) in [5, 5.41) is 1.64. The van der Waals surface area contributed by atoms with Crippen molar-refractivity contribution in [3.05, 3.63) is 47.5 Å². The average molecular weight is 433 g/mol. The van der Waals surface area contributed by atoms with Crippen molar-refractivity contribution >= 4 is 24.3 Å². The van der Waals surface area contributed by atoms with Crippen molar-refractivity contribution in [1.29, 1.82) is 0 Å². The first kappa shape index (κ1) is 21.2. The van der Waals surface area contributed by atoms with E-state index in [4.69, 9.17) is 4.98 Å². The zero-order valence-electron chi connectivity index (χ0n) is 19.5. The molecule has 2 aromatic carbocycles. The number of nitrogens with zero attached hydrogens (tertiary/aromatic N) is 2. The molecule has 0 amide bonds. The molecule has 0 atom stereocenters. The molecule has 2 saturated carbocycles. The smallest absolute Gasteiger partial charge is 0.141 e. The monoisotopic (exact) mass is 432 g/mol. The number of imidazole rings is 1. The lowest BCUT2D eigenvalue weighted by molar-refractivity contribution is 0.487. The Morgan fingerprint density at radius 1 is 0.806 bits per heavy atom. The minimum absolute atomic E-state index is 0.144. The van der Waals surface area contributed by atoms with Gasteiger partial charge in [0.25, 0.3) is 0 Å². The van der Waals surface area contributed by atoms with Gasteiger partial charge in [0, 0.05) is 12.6 Å². The van der Waals surface area contributed by atoms with E-state index in [-0.39, 0.29) is 7.92 Å². The number of hydrogen-bond donors (Lipinski definition) is 0. The second-order valence-corrected chi connectivity index (χ2v) is 12.7. The van der Waals surface area contributed by atoms with Gasteiger partial charge in [0.05, 0.1) is 11.0 Å². The first-order valence-electron chi connectivity index (χ1n) is 12.4. The van der Waals surface area contributed by atoms with Crippen molar-refractivity contribution in [2.24, 2.45) is 7.05 Å². The fourth-order valence-corrected chi connectivity index (χ4v) is 9.92. The van der Waals surface area contributed by atoms with Crippen LogP contribution in [0.3, 0.4) is 0 Å². The summed E-state index contributed by atoms with van der Waals surface area (Å²) < 4.78 is 2.34. The van der Waals surface area contributed by atoms with Crippen molar-refractivity contribution in [1.82, 2.24) is 9.55 Å². The third kappa shape index (κ3) is 4.09. The van der Waals surface area contributed by atoms with Crippen LogP contribution in [-0.2, 0) is 7.05 Å². The minimum atomic E-state index is -0.144. The van der Waals surface area contributed by atoms with Gasteiger partial charge in [-0.3, -0.25) is 0 Å². The number of hydrogen-bond acceptors (Lipinski definition) is 1. The fraction of sp³-hybridized carbons (Fsp3) is 0.536. The van der Waals surface area contributed by atoms with Crippen LogP contribution >= 0.6 is 7.92 Å². The Morgan fingerprint density at radius 3 is 2.03 bits per heavy atom. The maximum absolute atomic E-state index is 5.19. The van der Waals surface area contributed by atoms with E-state index in [1.807, 2.05) is 0 Å². The second kappa shape index (κ2) is 9.07. The van der Waals surface area contributed by atoms with Crippen molar-refractivity contribution in [3.8, 4) is 11.4 Å². The highest BCUT2D eigenvalue weighted by molar-refractivity contribution is 7.67. The van der Waals surface area contributed by atoms with Gasteiger partial charge in [0.1, 0.15) is 5.82 Å². The molecule has 2 aliphatic rings. The molecule has 0 unspecified atom stereocenters. The van der Waals surface area contributed by atoms with E-state index in [2.05, 4.69) is 61.9 Å². The minimum Gasteiger partial charge on any atom is -0.327 e. The molecule has 2 aliphatic carbocycles. The Morgan fingerprint density at radius 2 is 1.39 bits per heavy atom. The van der Waals surface area contributed by atoms with Gasteiger partial charge in [-0.05, 0) is 79.4 Å². The largest absolute Gasteiger partial charge is 0.327 e. The highest BCUT2D eigenvalue weighted by Crippen LogP contribution is 2.56. The molecule has 2 nitrogen and oxygen atoms in total. The van der Waals surface area contributed by atoms with Crippen LogP contribution in [0, 0.1) is 13.8 Å². The molecule has 5 rings (SSSR count). The van der Waals surface area contributed by atoms with Crippen LogP contribution < -0.4 is 5.30 Å². The number of aromatic nitrogens is 2. The maximum Gasteiger partial charge on any atom is 0.141 e. The Kier molecular flexibility index (Phi) is 6.20. The molecule has 3 heteroatoms. The summed E-state index contributed by atoms with van der Waals surface area (Å²) in [6, 6.07) is 13.9. The maximum atomic E-state index is 5.19. The highest BCUT2D eigenvalue weighted by atomic mass is 31.1. The van der Waals surface area contributed by atoms with E-state index in [9.17, 15) is 0 Å². The lowest BCUT2D eigenvalue weighted by Crippen LogP contribution is -2.27. The number of benzene rings is 2. The summed E-state index contributed by atoms with van der Waals surface area (Å²) in [5.74, 6) is 1.16. The zero-order valence-corrected chi connectivity index (χ0v) is 20.4. The standard InChI is InChI=1S/C28H37N2P/c1-20-18-25-26(19-21(20)2)30(3)28(29-25)24-16-10-11-17-27(24)31(22-12-6-4-7-13-22)23-14-8-5-9-15-23/h10-11,16-19,22-23H,4-9,12-15H2,1-3H3. The fourth-order valence-electron chi connectivity index (χ4n) is 5.99. The van der Waals surface area contributed by atoms with Crippen LogP contribution in [0.5, 0.6) is 0 Å². The molecule has 0 N–H and O–H groups in total. The van der Waals surface area contributed by atoms with E-state index in [1.54, 1.807) is 5.30 Å². The van der Waals surface area contributed by atoms with Gasteiger partial charge in [-0.25, -0.2) is 4.98 Å². The zero-order chi connectivity index (χ0) is 21.4. The third-order valence-corrected chi connectivity index (χ3v) is 11.4. The molecule has 0 saturated heterocycles. The quantitative estimate of drug-likeness (QED) is 0.388. The Bertz CT molecular complexity index is 1040. The summed E-state index contributed by atoms with van der Waals surface area (Å²) in [5.41, 5.74) is 8.29. The van der Waals surface area contributed by atoms with Crippen LogP contribution in [-0.4, -0.2) is 20.9 Å². The first-order chi connectivity index (χ1) is 15.1. The molecule has 0 bridgehead atoms. The van der Waals surface area contributed by atoms with Gasteiger partial charge < -0.3 is 4.57 Å². The molecule has 3 aromatic rings. The second-order valence-electron chi connectivity index (χ2n) is 9.93. The van der Waals surface area contributed by atoms with E-state index >= 15 is 0 Å². The van der Waals surface area contributed by atoms with Gasteiger partial charge in [-0.1, -0.05) is 70.7 Å². The highest BCUT2D eigenvalue weighted by Gasteiger charge is 2.34. The predicted octanol–water partition coefficient (Wildman–Crippen LogP) is 7.63. The molecule has 0 aliphatic heterocycles. The molecular formula is C28H37N2P. The topological polar surface area (TPSA) is 17.8 Å². The number of fused-ring (bicyclic) bond motifs is 1. The van der Waals surface area contributed by atoms with Gasteiger partial charge in [-0.15, -0.1) is 0 Å². The van der Waals surface area contributed by atoms with Crippen molar-refractivity contribution in [2.75, 3.05) is 0 Å². The molecule has 1 aromatic heterocycles. The van der Waals surface area contributed by atoms with Crippen LogP contribution in [0.2, 0.25) is 0 Å². The van der Waals surface area contributed by atoms with Gasteiger partial charge in [-0.2, -0.15) is 0 Å². The molecule has 0 spiro atoms. The molecule has 2 fully saturated rings. The van der Waals surface area contributed by atoms with Crippen LogP contribution in [0.15, 0.2) is 36.4 Å². The molecule has 164 valence electrons. The van der Waals surface area contributed by atoms with Crippen molar-refractivity contribution in [2.45, 2.75) is 89.4 Å². The lowest BCUT2D eigenvalue weighted by Gasteiger charge is -2.39. The van der Waals surface area contributed by atoms with Gasteiger partial charge in [0.15, 0.2) is 0 Å². The van der Waals surface area contributed by atoms with E-state index in [1.165, 1.54) is 86.4 Å². The molecule has 31 heavy (non-hydrogen) atoms. The van der Waals surface area contributed by atoms with Crippen molar-refractivity contribution < 1.29 is 0 Å². The summed E-state index contributed by atoms with van der Waals surface area (Å²) in [6.45, 7) is 4.41. The lowest BCUT2D eigenvalue weighted by atomic mass is 9.99. The van der Waals surface area contributed by atoms with E-state index in [0.717, 1.165) is 22.7 Å². The predicted molar refractivity (Wildman–Crippen MR) is 136 cm³/mol. The Balaban J connectivity index is 1.63. The van der Waals surface area contributed by atoms with Crippen LogP contribution in [0.1, 0.15) is 75.3 Å². The Labute approximate surface area is 189 Å². The summed E-state index contributed by atoms with van der Waals surface area (Å²) in [6.07, 6.45) is 14.4. The third-order valence-electron chi connectivity index (χ3n) is 7.86. The molecular weight excluding hydrogens is 395 g/mol. The van der Waals surface area contributed by atoms with Crippen LogP contribution in [0.25, 0.3) is 22.4 Å². The van der Waals surface area contributed by atoms with Gasteiger partial charge >= 0.3 is 0 Å². The Hall–Kier alpha value is -1.66. The van der Waals surface area contributed by atoms with E-state index < -0.39 is 0 Å². The summed E-state index contributed by atoms with van der Waals surface area (Å²) >= 11 is 0. The number of aryl methyl sites for hydroxylation is 3.